The van der Waals surface area contributed by atoms with Crippen LogP contribution in [-0.4, -0.2) is 34.5 Å². The quantitative estimate of drug-likeness (QED) is 0.315. The molecule has 0 saturated heterocycles. The maximum absolute atomic E-state index is 11.7. The number of carbonyl (C=O) groups excluding carboxylic acids is 2. The lowest BCUT2D eigenvalue weighted by Crippen LogP contribution is -2.35. The second kappa shape index (κ2) is 9.61. The van der Waals surface area contributed by atoms with Gasteiger partial charge in [0, 0.05) is 21.2 Å². The first kappa shape index (κ1) is 21.8. The van der Waals surface area contributed by atoms with Crippen LogP contribution in [0.25, 0.3) is 0 Å². The molecule has 0 fully saturated rings. The minimum atomic E-state index is -1.14. The van der Waals surface area contributed by atoms with Crippen molar-refractivity contribution >= 4 is 70.6 Å². The van der Waals surface area contributed by atoms with Gasteiger partial charge in [0.25, 0.3) is 0 Å². The number of amides is 2. The molecule has 28 heavy (non-hydrogen) atoms. The highest BCUT2D eigenvalue weighted by atomic mass is 35.5. The molecule has 0 aliphatic heterocycles. The zero-order valence-corrected chi connectivity index (χ0v) is 16.6. The predicted molar refractivity (Wildman–Crippen MR) is 108 cm³/mol. The summed E-state index contributed by atoms with van der Waals surface area (Å²) < 4.78 is 0. The smallest absolute Gasteiger partial charge is 0.331 e. The summed E-state index contributed by atoms with van der Waals surface area (Å²) in [5.74, 6) is -2.88. The number of aromatic hydroxyl groups is 2. The molecule has 0 atom stereocenters. The largest absolute Gasteiger partial charge is 0.506 e. The van der Waals surface area contributed by atoms with Crippen LogP contribution in [0.4, 0.5) is 0 Å². The van der Waals surface area contributed by atoms with Crippen molar-refractivity contribution < 1.29 is 19.8 Å². The molecule has 4 N–H and O–H groups in total. The number of nitrogens with one attached hydrogen (secondary N) is 2. The molecule has 8 nitrogen and oxygen atoms in total. The Labute approximate surface area is 178 Å². The lowest BCUT2D eigenvalue weighted by atomic mass is 10.2. The molecule has 0 heterocycles. The van der Waals surface area contributed by atoms with Gasteiger partial charge in [-0.3, -0.25) is 9.59 Å². The van der Waals surface area contributed by atoms with Gasteiger partial charge in [0.15, 0.2) is 0 Å². The Morgan fingerprint density at radius 3 is 1.46 bits per heavy atom. The molecule has 0 saturated carbocycles. The Balaban J connectivity index is 1.96. The zero-order valence-electron chi connectivity index (χ0n) is 13.6. The summed E-state index contributed by atoms with van der Waals surface area (Å²) in [6.07, 6.45) is 2.10. The maximum atomic E-state index is 11.7. The molecule has 2 aromatic carbocycles. The van der Waals surface area contributed by atoms with Gasteiger partial charge < -0.3 is 10.2 Å². The molecule has 146 valence electrons. The average Bonchev–Trinajstić information content (AvgIpc) is 2.62. The summed E-state index contributed by atoms with van der Waals surface area (Å²) in [7, 11) is 0. The molecule has 2 aromatic rings. The molecule has 0 aliphatic carbocycles. The van der Waals surface area contributed by atoms with E-state index in [1.165, 1.54) is 24.3 Å². The van der Waals surface area contributed by atoms with Crippen LogP contribution in [-0.2, 0) is 9.59 Å². The van der Waals surface area contributed by atoms with Gasteiger partial charge in [0.05, 0.1) is 22.5 Å². The standard InChI is InChI=1S/C16H10Cl4N4O4/c17-9-1-7(13(25)11(19)3-9)5-21-23-15(27)16(28)24-22-6-8-2-10(18)4-12(20)14(8)26/h1-6,25-26H,(H,23,27)(H,24,28)/b21-5-,22-6-. The van der Waals surface area contributed by atoms with Crippen molar-refractivity contribution in [3.63, 3.8) is 0 Å². The van der Waals surface area contributed by atoms with E-state index in [0.717, 1.165) is 12.4 Å². The van der Waals surface area contributed by atoms with E-state index < -0.39 is 11.8 Å². The van der Waals surface area contributed by atoms with Gasteiger partial charge >= 0.3 is 11.8 Å². The fourth-order valence-corrected chi connectivity index (χ4v) is 2.81. The van der Waals surface area contributed by atoms with Crippen molar-refractivity contribution in [2.24, 2.45) is 10.2 Å². The van der Waals surface area contributed by atoms with Crippen molar-refractivity contribution in [3.8, 4) is 11.5 Å². The van der Waals surface area contributed by atoms with Crippen LogP contribution in [0.5, 0.6) is 11.5 Å². The van der Waals surface area contributed by atoms with Crippen molar-refractivity contribution in [1.82, 2.24) is 10.9 Å². The van der Waals surface area contributed by atoms with Gasteiger partial charge in [0.2, 0.25) is 0 Å². The number of benzene rings is 2. The molecule has 0 aliphatic rings. The van der Waals surface area contributed by atoms with E-state index in [1.807, 2.05) is 10.9 Å². The third-order valence-corrected chi connectivity index (χ3v) is 4.07. The first-order valence-electron chi connectivity index (χ1n) is 7.21. The second-order valence-corrected chi connectivity index (χ2v) is 6.74. The first-order valence-corrected chi connectivity index (χ1v) is 8.72. The summed E-state index contributed by atoms with van der Waals surface area (Å²) in [5.41, 5.74) is 4.12. The predicted octanol–water partition coefficient (Wildman–Crippen LogP) is 3.31. The van der Waals surface area contributed by atoms with E-state index in [2.05, 4.69) is 10.2 Å². The number of rotatable bonds is 4. The topological polar surface area (TPSA) is 123 Å². The van der Waals surface area contributed by atoms with E-state index in [-0.39, 0.29) is 42.7 Å². The van der Waals surface area contributed by atoms with Gasteiger partial charge in [-0.25, -0.2) is 10.9 Å². The average molecular weight is 464 g/mol. The second-order valence-electron chi connectivity index (χ2n) is 5.05. The van der Waals surface area contributed by atoms with Crippen molar-refractivity contribution in [2.45, 2.75) is 0 Å². The molecule has 0 aromatic heterocycles. The van der Waals surface area contributed by atoms with Crippen LogP contribution >= 0.6 is 46.4 Å². The van der Waals surface area contributed by atoms with Gasteiger partial charge in [-0.2, -0.15) is 10.2 Å². The highest BCUT2D eigenvalue weighted by Gasteiger charge is 2.12. The third-order valence-electron chi connectivity index (χ3n) is 3.06. The number of phenols is 2. The monoisotopic (exact) mass is 462 g/mol. The highest BCUT2D eigenvalue weighted by Crippen LogP contribution is 2.30. The molecule has 0 spiro atoms. The number of hydrogen-bond acceptors (Lipinski definition) is 6. The number of carbonyl (C=O) groups is 2. The molecule has 2 rings (SSSR count). The fourth-order valence-electron chi connectivity index (χ4n) is 1.79. The van der Waals surface area contributed by atoms with Crippen LogP contribution < -0.4 is 10.9 Å². The van der Waals surface area contributed by atoms with Crippen LogP contribution in [0, 0.1) is 0 Å². The zero-order chi connectivity index (χ0) is 20.8. The lowest BCUT2D eigenvalue weighted by molar-refractivity contribution is -0.139. The molecule has 0 bridgehead atoms. The Bertz CT molecular complexity index is 916. The van der Waals surface area contributed by atoms with Crippen molar-refractivity contribution in [3.05, 3.63) is 55.5 Å². The SMILES string of the molecule is O=C(N/N=C\c1cc(Cl)cc(Cl)c1O)C(=O)N/N=C\c1cc(Cl)cc(Cl)c1O. The van der Waals surface area contributed by atoms with E-state index in [0.29, 0.717) is 0 Å². The van der Waals surface area contributed by atoms with Crippen LogP contribution in [0.3, 0.4) is 0 Å². The van der Waals surface area contributed by atoms with Crippen molar-refractivity contribution in [2.75, 3.05) is 0 Å². The summed E-state index contributed by atoms with van der Waals surface area (Å²) in [6, 6.07) is 5.35. The van der Waals surface area contributed by atoms with E-state index >= 15 is 0 Å². The fraction of sp³-hybridized carbons (Fsp3) is 0. The Morgan fingerprint density at radius 1 is 0.750 bits per heavy atom. The number of hydrogen-bond donors (Lipinski definition) is 4. The molecular formula is C16H10Cl4N4O4. The molecule has 12 heteroatoms. The van der Waals surface area contributed by atoms with Crippen LogP contribution in [0.15, 0.2) is 34.5 Å². The van der Waals surface area contributed by atoms with Gasteiger partial charge in [-0.15, -0.1) is 0 Å². The minimum Gasteiger partial charge on any atom is -0.506 e. The number of halogens is 4. The van der Waals surface area contributed by atoms with Gasteiger partial charge in [-0.05, 0) is 24.3 Å². The Kier molecular flexibility index (Phi) is 7.47. The van der Waals surface area contributed by atoms with E-state index in [1.54, 1.807) is 0 Å². The highest BCUT2D eigenvalue weighted by molar-refractivity contribution is 6.37. The molecule has 2 amide bonds. The first-order chi connectivity index (χ1) is 13.2. The number of phenolic OH excluding ortho intramolecular Hbond substituents is 2. The van der Waals surface area contributed by atoms with Gasteiger partial charge in [0.1, 0.15) is 11.5 Å². The maximum Gasteiger partial charge on any atom is 0.331 e. The van der Waals surface area contributed by atoms with E-state index in [9.17, 15) is 19.8 Å². The molecule has 0 unspecified atom stereocenters. The van der Waals surface area contributed by atoms with E-state index in [4.69, 9.17) is 46.4 Å². The summed E-state index contributed by atoms with van der Waals surface area (Å²) >= 11 is 23.1. The van der Waals surface area contributed by atoms with Crippen molar-refractivity contribution in [1.29, 1.82) is 0 Å². The van der Waals surface area contributed by atoms with Gasteiger partial charge in [-0.1, -0.05) is 46.4 Å². The summed E-state index contributed by atoms with van der Waals surface area (Å²) in [6.45, 7) is 0. The third kappa shape index (κ3) is 5.74. The Hall–Kier alpha value is -2.52. The number of nitrogens with zero attached hydrogens (tertiary/aromatic N) is 2. The summed E-state index contributed by atoms with van der Waals surface area (Å²) in [4.78, 5) is 23.3. The Morgan fingerprint density at radius 2 is 1.11 bits per heavy atom. The molecule has 0 radical (unpaired) electrons. The lowest BCUT2D eigenvalue weighted by Gasteiger charge is -2.03. The minimum absolute atomic E-state index is 0.00303. The number of hydrazone groups is 2. The van der Waals surface area contributed by atoms with Crippen LogP contribution in [0.2, 0.25) is 20.1 Å². The van der Waals surface area contributed by atoms with Crippen LogP contribution in [0.1, 0.15) is 11.1 Å². The molecular weight excluding hydrogens is 454 g/mol. The summed E-state index contributed by atoms with van der Waals surface area (Å²) in [5, 5.41) is 27.0. The normalized spacial score (nSPS) is 11.1.